The van der Waals surface area contributed by atoms with Gasteiger partial charge in [0, 0.05) is 15.8 Å². The van der Waals surface area contributed by atoms with Crippen LogP contribution in [-0.2, 0) is 12.0 Å². The van der Waals surface area contributed by atoms with Gasteiger partial charge in [-0.1, -0.05) is 6.92 Å². The van der Waals surface area contributed by atoms with Crippen LogP contribution in [0, 0.1) is 5.82 Å². The van der Waals surface area contributed by atoms with Gasteiger partial charge in [-0.15, -0.1) is 11.3 Å². The fourth-order valence-electron chi connectivity index (χ4n) is 1.76. The Bertz CT molecular complexity index is 528. The molecule has 0 aromatic carbocycles. The number of thiophene rings is 1. The van der Waals surface area contributed by atoms with Gasteiger partial charge in [0.1, 0.15) is 11.4 Å². The number of halogens is 2. The molecule has 0 radical (unpaired) electrons. The van der Waals surface area contributed by atoms with Gasteiger partial charge in [0.25, 0.3) is 0 Å². The van der Waals surface area contributed by atoms with Crippen molar-refractivity contribution in [1.29, 1.82) is 0 Å². The lowest BCUT2D eigenvalue weighted by atomic mass is 9.91. The van der Waals surface area contributed by atoms with Gasteiger partial charge in [-0.05, 0) is 45.9 Å². The summed E-state index contributed by atoms with van der Waals surface area (Å²) in [6.07, 6.45) is 2.13. The second-order valence-electron chi connectivity index (χ2n) is 4.12. The fourth-order valence-corrected chi connectivity index (χ4v) is 3.36. The van der Waals surface area contributed by atoms with E-state index in [1.165, 1.54) is 6.07 Å². The highest BCUT2D eigenvalue weighted by atomic mass is 79.9. The molecular formula is C13H13BrFNOS. The predicted octanol–water partition coefficient (Wildman–Crippen LogP) is 3.89. The number of rotatable bonds is 4. The molecule has 18 heavy (non-hydrogen) atoms. The van der Waals surface area contributed by atoms with Crippen LogP contribution in [0.15, 0.2) is 34.2 Å². The zero-order chi connectivity index (χ0) is 13.2. The van der Waals surface area contributed by atoms with Crippen molar-refractivity contribution in [3.8, 4) is 0 Å². The largest absolute Gasteiger partial charge is 0.383 e. The third-order valence-corrected chi connectivity index (χ3v) is 4.86. The van der Waals surface area contributed by atoms with E-state index in [2.05, 4.69) is 20.9 Å². The highest BCUT2D eigenvalue weighted by Crippen LogP contribution is 2.33. The van der Waals surface area contributed by atoms with Crippen molar-refractivity contribution in [3.05, 3.63) is 50.6 Å². The maximum atomic E-state index is 12.9. The first-order valence-electron chi connectivity index (χ1n) is 5.61. The zero-order valence-corrected chi connectivity index (χ0v) is 12.3. The van der Waals surface area contributed by atoms with E-state index in [1.54, 1.807) is 17.4 Å². The minimum absolute atomic E-state index is 0.394. The van der Waals surface area contributed by atoms with Gasteiger partial charge in [-0.3, -0.25) is 4.98 Å². The molecule has 2 heterocycles. The van der Waals surface area contributed by atoms with Crippen LogP contribution in [0.3, 0.4) is 0 Å². The predicted molar refractivity (Wildman–Crippen MR) is 74.1 cm³/mol. The van der Waals surface area contributed by atoms with E-state index < -0.39 is 11.4 Å². The maximum absolute atomic E-state index is 12.9. The number of pyridine rings is 1. The molecule has 1 unspecified atom stereocenters. The Labute approximate surface area is 118 Å². The minimum Gasteiger partial charge on any atom is -0.383 e. The Morgan fingerprint density at radius 2 is 2.22 bits per heavy atom. The molecule has 0 amide bonds. The van der Waals surface area contributed by atoms with Crippen LogP contribution in [0.4, 0.5) is 4.39 Å². The Hall–Kier alpha value is -0.780. The summed E-state index contributed by atoms with van der Waals surface area (Å²) in [5.41, 5.74) is -0.548. The SMILES string of the molecule is CCC(O)(Cc1sccc1Br)c1ccc(F)cn1. The molecule has 2 nitrogen and oxygen atoms in total. The molecule has 2 aromatic rings. The van der Waals surface area contributed by atoms with Crippen LogP contribution in [-0.4, -0.2) is 10.1 Å². The molecule has 0 aliphatic rings. The first-order chi connectivity index (χ1) is 8.55. The van der Waals surface area contributed by atoms with E-state index in [1.807, 2.05) is 18.4 Å². The second kappa shape index (κ2) is 5.47. The van der Waals surface area contributed by atoms with E-state index >= 15 is 0 Å². The quantitative estimate of drug-likeness (QED) is 0.923. The molecule has 0 saturated carbocycles. The summed E-state index contributed by atoms with van der Waals surface area (Å²) < 4.78 is 13.9. The molecule has 2 aromatic heterocycles. The summed E-state index contributed by atoms with van der Waals surface area (Å²) in [5.74, 6) is -0.394. The molecule has 0 fully saturated rings. The van der Waals surface area contributed by atoms with Gasteiger partial charge >= 0.3 is 0 Å². The van der Waals surface area contributed by atoms with Crippen LogP contribution >= 0.6 is 27.3 Å². The smallest absolute Gasteiger partial charge is 0.141 e. The average Bonchev–Trinajstić information content (AvgIpc) is 2.75. The van der Waals surface area contributed by atoms with E-state index in [0.717, 1.165) is 15.5 Å². The van der Waals surface area contributed by atoms with Crippen LogP contribution in [0.5, 0.6) is 0 Å². The first kappa shape index (κ1) is 13.6. The van der Waals surface area contributed by atoms with Gasteiger partial charge in [-0.2, -0.15) is 0 Å². The maximum Gasteiger partial charge on any atom is 0.141 e. The minimum atomic E-state index is -1.05. The summed E-state index contributed by atoms with van der Waals surface area (Å²) in [5, 5.41) is 12.6. The van der Waals surface area contributed by atoms with Crippen molar-refractivity contribution < 1.29 is 9.50 Å². The standard InChI is InChI=1S/C13H13BrFNOS/c1-2-13(17,7-11-10(14)5-6-18-11)12-4-3-9(15)8-16-12/h3-6,8,17H,2,7H2,1H3. The number of hydrogen-bond donors (Lipinski definition) is 1. The van der Waals surface area contributed by atoms with Gasteiger partial charge in [0.05, 0.1) is 11.9 Å². The van der Waals surface area contributed by atoms with E-state index in [4.69, 9.17) is 0 Å². The Kier molecular flexibility index (Phi) is 4.14. The highest BCUT2D eigenvalue weighted by Gasteiger charge is 2.30. The molecule has 1 atom stereocenters. The number of nitrogens with zero attached hydrogens (tertiary/aromatic N) is 1. The van der Waals surface area contributed by atoms with Crippen LogP contribution in [0.2, 0.25) is 0 Å². The molecule has 0 spiro atoms. The third-order valence-electron chi connectivity index (χ3n) is 2.93. The van der Waals surface area contributed by atoms with Gasteiger partial charge in [0.15, 0.2) is 0 Å². The summed E-state index contributed by atoms with van der Waals surface area (Å²) in [6, 6.07) is 4.82. The Balaban J connectivity index is 2.30. The molecule has 5 heteroatoms. The van der Waals surface area contributed by atoms with Gasteiger partial charge in [0.2, 0.25) is 0 Å². The molecule has 0 saturated heterocycles. The van der Waals surface area contributed by atoms with E-state index in [-0.39, 0.29) is 0 Å². The normalized spacial score (nSPS) is 14.4. The summed E-state index contributed by atoms with van der Waals surface area (Å²) in [6.45, 7) is 1.90. The zero-order valence-electron chi connectivity index (χ0n) is 9.86. The molecule has 2 rings (SSSR count). The lowest BCUT2D eigenvalue weighted by Gasteiger charge is -2.25. The number of hydrogen-bond acceptors (Lipinski definition) is 3. The Morgan fingerprint density at radius 1 is 1.44 bits per heavy atom. The monoisotopic (exact) mass is 329 g/mol. The first-order valence-corrected chi connectivity index (χ1v) is 7.28. The van der Waals surface area contributed by atoms with E-state index in [0.29, 0.717) is 18.5 Å². The summed E-state index contributed by atoms with van der Waals surface area (Å²) in [7, 11) is 0. The molecule has 1 N–H and O–H groups in total. The van der Waals surface area contributed by atoms with Crippen LogP contribution < -0.4 is 0 Å². The van der Waals surface area contributed by atoms with Gasteiger partial charge < -0.3 is 5.11 Å². The van der Waals surface area contributed by atoms with Crippen molar-refractivity contribution in [2.75, 3.05) is 0 Å². The van der Waals surface area contributed by atoms with Crippen LogP contribution in [0.25, 0.3) is 0 Å². The van der Waals surface area contributed by atoms with E-state index in [9.17, 15) is 9.50 Å². The van der Waals surface area contributed by atoms with Crippen molar-refractivity contribution in [3.63, 3.8) is 0 Å². The van der Waals surface area contributed by atoms with Crippen molar-refractivity contribution in [2.24, 2.45) is 0 Å². The third kappa shape index (κ3) is 2.79. The summed E-state index contributed by atoms with van der Waals surface area (Å²) >= 11 is 5.03. The number of aromatic nitrogens is 1. The van der Waals surface area contributed by atoms with Gasteiger partial charge in [-0.25, -0.2) is 4.39 Å². The topological polar surface area (TPSA) is 33.1 Å². The van der Waals surface area contributed by atoms with Crippen LogP contribution in [0.1, 0.15) is 23.9 Å². The molecule has 0 aliphatic heterocycles. The molecule has 96 valence electrons. The lowest BCUT2D eigenvalue weighted by Crippen LogP contribution is -2.28. The second-order valence-corrected chi connectivity index (χ2v) is 5.97. The highest BCUT2D eigenvalue weighted by molar-refractivity contribution is 9.10. The molecular weight excluding hydrogens is 317 g/mol. The molecule has 0 aliphatic carbocycles. The lowest BCUT2D eigenvalue weighted by molar-refractivity contribution is 0.0288. The summed E-state index contributed by atoms with van der Waals surface area (Å²) in [4.78, 5) is 5.06. The van der Waals surface area contributed by atoms with Crippen molar-refractivity contribution in [2.45, 2.75) is 25.4 Å². The van der Waals surface area contributed by atoms with Crippen molar-refractivity contribution >= 4 is 27.3 Å². The average molecular weight is 330 g/mol. The fraction of sp³-hybridized carbons (Fsp3) is 0.308. The Morgan fingerprint density at radius 3 is 2.72 bits per heavy atom. The number of aliphatic hydroxyl groups is 1. The molecule has 0 bridgehead atoms. The van der Waals surface area contributed by atoms with Crippen molar-refractivity contribution in [1.82, 2.24) is 4.98 Å².